The minimum Gasteiger partial charge on any atom is -0.381 e. The molecule has 1 aromatic rings. The summed E-state index contributed by atoms with van der Waals surface area (Å²) in [6.45, 7) is 7.51. The third-order valence-electron chi connectivity index (χ3n) is 3.89. The molecule has 0 aromatic heterocycles. The van der Waals surface area contributed by atoms with Crippen molar-refractivity contribution >= 4 is 17.4 Å². The van der Waals surface area contributed by atoms with Crippen LogP contribution in [0.4, 0.5) is 5.69 Å². The lowest BCUT2D eigenvalue weighted by molar-refractivity contribution is -0.0709. The highest BCUT2D eigenvalue weighted by molar-refractivity contribution is 7.99. The summed E-state index contributed by atoms with van der Waals surface area (Å²) in [5, 5.41) is 3.72. The van der Waals surface area contributed by atoms with Gasteiger partial charge in [0.1, 0.15) is 0 Å². The van der Waals surface area contributed by atoms with E-state index < -0.39 is 0 Å². The van der Waals surface area contributed by atoms with Crippen LogP contribution in [0.25, 0.3) is 0 Å². The molecule has 2 rings (SSSR count). The second-order valence-corrected chi connectivity index (χ2v) is 6.72. The Hall–Kier alpha value is -0.670. The molecule has 1 aliphatic heterocycles. The second kappa shape index (κ2) is 6.67. The molecule has 1 heterocycles. The van der Waals surface area contributed by atoms with E-state index in [1.807, 2.05) is 11.8 Å². The Kier molecular flexibility index (Phi) is 5.17. The van der Waals surface area contributed by atoms with E-state index in [0.717, 1.165) is 31.6 Å². The maximum Gasteiger partial charge on any atom is 0.0671 e. The molecule has 2 unspecified atom stereocenters. The first-order valence-corrected chi connectivity index (χ1v) is 8.28. The largest absolute Gasteiger partial charge is 0.381 e. The summed E-state index contributed by atoms with van der Waals surface area (Å²) in [4.78, 5) is 1.36. The number of hydrogen-bond donors (Lipinski definition) is 1. The van der Waals surface area contributed by atoms with Crippen LogP contribution in [0.2, 0.25) is 0 Å². The first-order chi connectivity index (χ1) is 9.17. The van der Waals surface area contributed by atoms with Gasteiger partial charge in [-0.05, 0) is 44.1 Å². The van der Waals surface area contributed by atoms with E-state index in [1.54, 1.807) is 0 Å². The summed E-state index contributed by atoms with van der Waals surface area (Å²) in [7, 11) is 0. The molecule has 0 saturated carbocycles. The summed E-state index contributed by atoms with van der Waals surface area (Å²) in [6, 6.07) is 9.15. The molecule has 0 aliphatic carbocycles. The first-order valence-electron chi connectivity index (χ1n) is 7.29. The van der Waals surface area contributed by atoms with E-state index in [4.69, 9.17) is 4.74 Å². The smallest absolute Gasteiger partial charge is 0.0671 e. The number of ether oxygens (including phenoxy) is 1. The highest BCUT2D eigenvalue weighted by Crippen LogP contribution is 2.32. The zero-order chi connectivity index (χ0) is 13.7. The van der Waals surface area contributed by atoms with E-state index in [1.165, 1.54) is 10.6 Å². The van der Waals surface area contributed by atoms with E-state index >= 15 is 0 Å². The van der Waals surface area contributed by atoms with E-state index in [2.05, 4.69) is 50.4 Å². The minimum atomic E-state index is 0.0444. The molecule has 19 heavy (non-hydrogen) atoms. The van der Waals surface area contributed by atoms with Gasteiger partial charge >= 0.3 is 0 Å². The van der Waals surface area contributed by atoms with Crippen LogP contribution in [-0.2, 0) is 4.74 Å². The highest BCUT2D eigenvalue weighted by atomic mass is 32.2. The monoisotopic (exact) mass is 279 g/mol. The standard InChI is InChI=1S/C16H25NOS/c1-4-16(3)12-13(10-11-18-16)17-14-8-6-7-9-15(14)19-5-2/h6-9,13,17H,4-5,10-12H2,1-3H3. The van der Waals surface area contributed by atoms with Crippen LogP contribution in [0, 0.1) is 0 Å². The molecule has 1 aromatic carbocycles. The molecule has 2 atom stereocenters. The van der Waals surface area contributed by atoms with Crippen molar-refractivity contribution < 1.29 is 4.74 Å². The number of nitrogens with one attached hydrogen (secondary N) is 1. The Morgan fingerprint density at radius 3 is 2.89 bits per heavy atom. The van der Waals surface area contributed by atoms with Crippen molar-refractivity contribution in [2.75, 3.05) is 17.7 Å². The molecule has 1 aliphatic rings. The number of rotatable bonds is 5. The van der Waals surface area contributed by atoms with Crippen LogP contribution in [0.15, 0.2) is 29.2 Å². The van der Waals surface area contributed by atoms with Gasteiger partial charge in [0, 0.05) is 23.2 Å². The maximum atomic E-state index is 5.92. The van der Waals surface area contributed by atoms with E-state index in [9.17, 15) is 0 Å². The van der Waals surface area contributed by atoms with Gasteiger partial charge in [-0.3, -0.25) is 0 Å². The molecule has 0 bridgehead atoms. The fraction of sp³-hybridized carbons (Fsp3) is 0.625. The van der Waals surface area contributed by atoms with Crippen LogP contribution in [0.3, 0.4) is 0 Å². The zero-order valence-corrected chi connectivity index (χ0v) is 13.1. The lowest BCUT2D eigenvalue weighted by atomic mass is 9.90. The fourth-order valence-corrected chi connectivity index (χ4v) is 3.35. The number of hydrogen-bond acceptors (Lipinski definition) is 3. The Labute approximate surface area is 121 Å². The lowest BCUT2D eigenvalue weighted by Crippen LogP contribution is -2.41. The van der Waals surface area contributed by atoms with E-state index in [0.29, 0.717) is 6.04 Å². The van der Waals surface area contributed by atoms with Crippen molar-refractivity contribution in [3.63, 3.8) is 0 Å². The highest BCUT2D eigenvalue weighted by Gasteiger charge is 2.31. The number of anilines is 1. The van der Waals surface area contributed by atoms with Crippen molar-refractivity contribution in [1.82, 2.24) is 0 Å². The summed E-state index contributed by atoms with van der Waals surface area (Å²) in [5.41, 5.74) is 1.32. The van der Waals surface area contributed by atoms with Crippen molar-refractivity contribution in [3.05, 3.63) is 24.3 Å². The quantitative estimate of drug-likeness (QED) is 0.798. The summed E-state index contributed by atoms with van der Waals surface area (Å²) in [5.74, 6) is 1.11. The van der Waals surface area contributed by atoms with Crippen molar-refractivity contribution in [3.8, 4) is 0 Å². The lowest BCUT2D eigenvalue weighted by Gasteiger charge is -2.38. The van der Waals surface area contributed by atoms with Gasteiger partial charge in [0.25, 0.3) is 0 Å². The van der Waals surface area contributed by atoms with Crippen LogP contribution in [0.5, 0.6) is 0 Å². The molecule has 2 nitrogen and oxygen atoms in total. The van der Waals surface area contributed by atoms with Gasteiger partial charge in [0.2, 0.25) is 0 Å². The zero-order valence-electron chi connectivity index (χ0n) is 12.2. The molecule has 0 amide bonds. The van der Waals surface area contributed by atoms with Crippen LogP contribution in [-0.4, -0.2) is 24.0 Å². The molecule has 106 valence electrons. The molecule has 0 radical (unpaired) electrons. The van der Waals surface area contributed by atoms with Gasteiger partial charge in [-0.15, -0.1) is 11.8 Å². The Balaban J connectivity index is 2.04. The molecule has 1 fully saturated rings. The predicted octanol–water partition coefficient (Wildman–Crippen LogP) is 4.56. The Morgan fingerprint density at radius 1 is 1.37 bits per heavy atom. The first kappa shape index (κ1) is 14.7. The molecule has 1 saturated heterocycles. The maximum absolute atomic E-state index is 5.92. The SMILES string of the molecule is CCSc1ccccc1NC1CCOC(C)(CC)C1. The van der Waals surface area contributed by atoms with Crippen molar-refractivity contribution in [2.24, 2.45) is 0 Å². The van der Waals surface area contributed by atoms with Gasteiger partial charge < -0.3 is 10.1 Å². The predicted molar refractivity (Wildman–Crippen MR) is 84.1 cm³/mol. The molecule has 1 N–H and O–H groups in total. The normalized spacial score (nSPS) is 27.2. The molecule has 3 heteroatoms. The van der Waals surface area contributed by atoms with Gasteiger partial charge in [0.15, 0.2) is 0 Å². The summed E-state index contributed by atoms with van der Waals surface area (Å²) >= 11 is 1.90. The van der Waals surface area contributed by atoms with Crippen molar-refractivity contribution in [2.45, 2.75) is 56.6 Å². The van der Waals surface area contributed by atoms with Crippen molar-refractivity contribution in [1.29, 1.82) is 0 Å². The van der Waals surface area contributed by atoms with Gasteiger partial charge in [-0.1, -0.05) is 26.0 Å². The molecular formula is C16H25NOS. The Bertz CT molecular complexity index is 409. The van der Waals surface area contributed by atoms with Crippen LogP contribution >= 0.6 is 11.8 Å². The van der Waals surface area contributed by atoms with E-state index in [-0.39, 0.29) is 5.60 Å². The molecular weight excluding hydrogens is 254 g/mol. The van der Waals surface area contributed by atoms with Gasteiger partial charge in [-0.2, -0.15) is 0 Å². The van der Waals surface area contributed by atoms with Gasteiger partial charge in [-0.25, -0.2) is 0 Å². The number of thioether (sulfide) groups is 1. The third kappa shape index (κ3) is 3.90. The Morgan fingerprint density at radius 2 is 2.16 bits per heavy atom. The average molecular weight is 279 g/mol. The minimum absolute atomic E-state index is 0.0444. The van der Waals surface area contributed by atoms with Gasteiger partial charge in [0.05, 0.1) is 5.60 Å². The number of para-hydroxylation sites is 1. The summed E-state index contributed by atoms with van der Waals surface area (Å²) < 4.78 is 5.92. The van der Waals surface area contributed by atoms with Crippen LogP contribution in [0.1, 0.15) is 40.0 Å². The second-order valence-electron chi connectivity index (χ2n) is 5.42. The number of benzene rings is 1. The van der Waals surface area contributed by atoms with Crippen LogP contribution < -0.4 is 5.32 Å². The fourth-order valence-electron chi connectivity index (χ4n) is 2.59. The molecule has 0 spiro atoms. The third-order valence-corrected chi connectivity index (χ3v) is 4.85. The summed E-state index contributed by atoms with van der Waals surface area (Å²) in [6.07, 6.45) is 3.27. The average Bonchev–Trinajstić information content (AvgIpc) is 2.41. The topological polar surface area (TPSA) is 21.3 Å².